The molecule has 0 radical (unpaired) electrons. The molecule has 0 fully saturated rings. The van der Waals surface area contributed by atoms with E-state index >= 15 is 0 Å². The third-order valence-electron chi connectivity index (χ3n) is 1.58. The normalized spacial score (nSPS) is 10.9. The summed E-state index contributed by atoms with van der Waals surface area (Å²) in [7, 11) is 0. The Hall–Kier alpha value is -0.310. The lowest BCUT2D eigenvalue weighted by atomic mass is 10.2. The van der Waals surface area contributed by atoms with Crippen molar-refractivity contribution in [3.05, 3.63) is 33.4 Å². The van der Waals surface area contributed by atoms with Crippen LogP contribution < -0.4 is 0 Å². The number of thiophene rings is 1. The van der Waals surface area contributed by atoms with Crippen LogP contribution in [0.5, 0.6) is 0 Å². The molecule has 1 aromatic carbocycles. The van der Waals surface area contributed by atoms with Gasteiger partial charge in [-0.25, -0.2) is 4.39 Å². The molecule has 1 aromatic heterocycles. The van der Waals surface area contributed by atoms with Gasteiger partial charge in [0, 0.05) is 5.39 Å². The zero-order valence-corrected chi connectivity index (χ0v) is 8.10. The first-order chi connectivity index (χ1) is 5.70. The van der Waals surface area contributed by atoms with Crippen molar-refractivity contribution in [2.45, 2.75) is 0 Å². The van der Waals surface area contributed by atoms with E-state index in [0.29, 0.717) is 10.4 Å². The first kappa shape index (κ1) is 8.30. The van der Waals surface area contributed by atoms with Gasteiger partial charge < -0.3 is 0 Å². The number of hydrogen-bond donors (Lipinski definition) is 0. The molecular weight excluding hydrogens is 218 g/mol. The Bertz CT molecular complexity index is 436. The van der Waals surface area contributed by atoms with E-state index in [0.717, 1.165) is 4.70 Å². The smallest absolute Gasteiger partial charge is 0.143 e. The van der Waals surface area contributed by atoms with E-state index in [2.05, 4.69) is 0 Å². The molecule has 0 unspecified atom stereocenters. The van der Waals surface area contributed by atoms with Crippen LogP contribution in [0, 0.1) is 5.82 Å². The lowest BCUT2D eigenvalue weighted by molar-refractivity contribution is 0.630. The van der Waals surface area contributed by atoms with E-state index in [9.17, 15) is 4.39 Å². The van der Waals surface area contributed by atoms with Crippen molar-refractivity contribution in [1.29, 1.82) is 0 Å². The summed E-state index contributed by atoms with van der Waals surface area (Å²) in [6.07, 6.45) is 0. The lowest BCUT2D eigenvalue weighted by Gasteiger charge is -1.97. The van der Waals surface area contributed by atoms with Crippen LogP contribution in [-0.4, -0.2) is 0 Å². The maximum absolute atomic E-state index is 13.0. The fourth-order valence-electron chi connectivity index (χ4n) is 1.04. The Morgan fingerprint density at radius 2 is 2.08 bits per heavy atom. The first-order valence-corrected chi connectivity index (χ1v) is 4.84. The highest BCUT2D eigenvalue weighted by molar-refractivity contribution is 7.18. The molecule has 2 rings (SSSR count). The van der Waals surface area contributed by atoms with Crippen molar-refractivity contribution in [2.75, 3.05) is 0 Å². The predicted octanol–water partition coefficient (Wildman–Crippen LogP) is 4.35. The third-order valence-corrected chi connectivity index (χ3v) is 3.32. The lowest BCUT2D eigenvalue weighted by Crippen LogP contribution is -1.77. The number of fused-ring (bicyclic) bond motifs is 1. The van der Waals surface area contributed by atoms with Gasteiger partial charge in [-0.1, -0.05) is 23.2 Å². The second kappa shape index (κ2) is 2.87. The average molecular weight is 221 g/mol. The average Bonchev–Trinajstić information content (AvgIpc) is 2.48. The molecule has 0 aliphatic carbocycles. The van der Waals surface area contributed by atoms with E-state index < -0.39 is 5.82 Å². The van der Waals surface area contributed by atoms with Crippen LogP contribution in [0.1, 0.15) is 0 Å². The molecule has 0 N–H and O–H groups in total. The molecule has 0 saturated carbocycles. The van der Waals surface area contributed by atoms with E-state index in [4.69, 9.17) is 23.2 Å². The van der Waals surface area contributed by atoms with Crippen molar-refractivity contribution >= 4 is 44.6 Å². The van der Waals surface area contributed by atoms with Gasteiger partial charge in [-0.2, -0.15) is 0 Å². The van der Waals surface area contributed by atoms with Crippen LogP contribution in [0.4, 0.5) is 4.39 Å². The predicted molar refractivity (Wildman–Crippen MR) is 51.8 cm³/mol. The molecule has 0 aliphatic heterocycles. The van der Waals surface area contributed by atoms with Crippen LogP contribution in [0.3, 0.4) is 0 Å². The quantitative estimate of drug-likeness (QED) is 0.580. The Labute approximate surface area is 82.5 Å². The molecule has 12 heavy (non-hydrogen) atoms. The highest BCUT2D eigenvalue weighted by Gasteiger charge is 2.09. The van der Waals surface area contributed by atoms with E-state index in [1.807, 2.05) is 5.38 Å². The van der Waals surface area contributed by atoms with Crippen LogP contribution in [-0.2, 0) is 0 Å². The minimum atomic E-state index is -0.465. The second-order valence-corrected chi connectivity index (χ2v) is 4.02. The summed E-state index contributed by atoms with van der Waals surface area (Å²) in [6, 6.07) is 3.00. The molecule has 4 heteroatoms. The van der Waals surface area contributed by atoms with Crippen molar-refractivity contribution in [1.82, 2.24) is 0 Å². The molecule has 1 heterocycles. The summed E-state index contributed by atoms with van der Waals surface area (Å²) in [5.74, 6) is -0.465. The maximum Gasteiger partial charge on any atom is 0.143 e. The van der Waals surface area contributed by atoms with Gasteiger partial charge in [-0.3, -0.25) is 0 Å². The second-order valence-electron chi connectivity index (χ2n) is 2.32. The van der Waals surface area contributed by atoms with Crippen LogP contribution in [0.15, 0.2) is 17.5 Å². The van der Waals surface area contributed by atoms with Crippen LogP contribution >= 0.6 is 34.5 Å². The zero-order chi connectivity index (χ0) is 8.72. The van der Waals surface area contributed by atoms with Gasteiger partial charge in [0.05, 0.1) is 14.7 Å². The minimum absolute atomic E-state index is 0.149. The molecular formula is C8H3Cl2FS. The Morgan fingerprint density at radius 3 is 2.83 bits per heavy atom. The molecule has 0 saturated heterocycles. The first-order valence-electron chi connectivity index (χ1n) is 3.21. The highest BCUT2D eigenvalue weighted by atomic mass is 35.5. The fraction of sp³-hybridized carbons (Fsp3) is 0. The Kier molecular flexibility index (Phi) is 1.99. The van der Waals surface area contributed by atoms with Crippen LogP contribution in [0.2, 0.25) is 10.0 Å². The van der Waals surface area contributed by atoms with Crippen molar-refractivity contribution in [2.24, 2.45) is 0 Å². The van der Waals surface area contributed by atoms with Crippen molar-refractivity contribution in [3.63, 3.8) is 0 Å². The Morgan fingerprint density at radius 1 is 1.33 bits per heavy atom. The fourth-order valence-corrected chi connectivity index (χ4v) is 2.44. The van der Waals surface area contributed by atoms with Crippen molar-refractivity contribution in [3.8, 4) is 0 Å². The number of rotatable bonds is 0. The molecule has 0 aliphatic rings. The number of benzene rings is 1. The Balaban J connectivity index is 2.97. The van der Waals surface area contributed by atoms with Gasteiger partial charge in [-0.05, 0) is 17.5 Å². The number of hydrogen-bond acceptors (Lipinski definition) is 1. The SMILES string of the molecule is Fc1cc(Cl)c2sccc2c1Cl. The molecule has 0 bridgehead atoms. The monoisotopic (exact) mass is 220 g/mol. The summed E-state index contributed by atoms with van der Waals surface area (Å²) in [5.41, 5.74) is 0. The highest BCUT2D eigenvalue weighted by Crippen LogP contribution is 2.35. The maximum atomic E-state index is 13.0. The molecule has 2 aromatic rings. The van der Waals surface area contributed by atoms with Gasteiger partial charge in [0.25, 0.3) is 0 Å². The summed E-state index contributed by atoms with van der Waals surface area (Å²) in [4.78, 5) is 0. The van der Waals surface area contributed by atoms with E-state index in [1.54, 1.807) is 6.07 Å². The minimum Gasteiger partial charge on any atom is -0.205 e. The van der Waals surface area contributed by atoms with Gasteiger partial charge in [0.15, 0.2) is 0 Å². The summed E-state index contributed by atoms with van der Waals surface area (Å²) in [5, 5.41) is 3.09. The summed E-state index contributed by atoms with van der Waals surface area (Å²) >= 11 is 13.0. The summed E-state index contributed by atoms with van der Waals surface area (Å²) in [6.45, 7) is 0. The van der Waals surface area contributed by atoms with Crippen LogP contribution in [0.25, 0.3) is 10.1 Å². The van der Waals surface area contributed by atoms with E-state index in [1.165, 1.54) is 17.4 Å². The molecule has 0 spiro atoms. The molecule has 0 nitrogen and oxygen atoms in total. The molecule has 0 amide bonds. The largest absolute Gasteiger partial charge is 0.205 e. The number of halogens is 3. The molecule has 62 valence electrons. The van der Waals surface area contributed by atoms with Crippen molar-refractivity contribution < 1.29 is 4.39 Å². The van der Waals surface area contributed by atoms with Gasteiger partial charge in [0.1, 0.15) is 5.82 Å². The van der Waals surface area contributed by atoms with E-state index in [-0.39, 0.29) is 5.02 Å². The van der Waals surface area contributed by atoms with Gasteiger partial charge in [-0.15, -0.1) is 11.3 Å². The van der Waals surface area contributed by atoms with Gasteiger partial charge in [0.2, 0.25) is 0 Å². The standard InChI is InChI=1S/C8H3Cl2FS/c9-5-3-6(11)7(10)4-1-2-12-8(4)5/h1-3H. The van der Waals surface area contributed by atoms with Gasteiger partial charge >= 0.3 is 0 Å². The molecule has 0 atom stereocenters. The topological polar surface area (TPSA) is 0 Å². The third kappa shape index (κ3) is 1.11. The zero-order valence-electron chi connectivity index (χ0n) is 5.77. The summed E-state index contributed by atoms with van der Waals surface area (Å²) < 4.78 is 13.8.